The Hall–Kier alpha value is -1.99. The van der Waals surface area contributed by atoms with Crippen LogP contribution in [0, 0.1) is 0 Å². The van der Waals surface area contributed by atoms with Gasteiger partial charge < -0.3 is 5.73 Å². The molecule has 21 heavy (non-hydrogen) atoms. The summed E-state index contributed by atoms with van der Waals surface area (Å²) in [4.78, 5) is 7.92. The van der Waals surface area contributed by atoms with E-state index in [1.807, 2.05) is 19.1 Å². The molecule has 0 aliphatic heterocycles. The highest BCUT2D eigenvalue weighted by Gasteiger charge is 2.23. The van der Waals surface area contributed by atoms with Crippen LogP contribution in [0.1, 0.15) is 12.5 Å². The summed E-state index contributed by atoms with van der Waals surface area (Å²) in [7, 11) is -3.57. The zero-order valence-electron chi connectivity index (χ0n) is 11.8. The number of nitrogens with zero attached hydrogens (tertiary/aromatic N) is 3. The Labute approximate surface area is 124 Å². The first kappa shape index (κ1) is 15.4. The number of hydrogen-bond acceptors (Lipinski definition) is 5. The van der Waals surface area contributed by atoms with Crippen molar-refractivity contribution >= 4 is 15.7 Å². The topological polar surface area (TPSA) is 89.2 Å². The van der Waals surface area contributed by atoms with Crippen molar-refractivity contribution in [1.82, 2.24) is 14.3 Å². The minimum absolute atomic E-state index is 0.124. The van der Waals surface area contributed by atoms with Gasteiger partial charge in [-0.2, -0.15) is 4.31 Å². The van der Waals surface area contributed by atoms with Gasteiger partial charge in [-0.25, -0.2) is 8.42 Å². The number of sulfonamides is 1. The van der Waals surface area contributed by atoms with Crippen molar-refractivity contribution in [3.8, 4) is 0 Å². The number of pyridine rings is 2. The van der Waals surface area contributed by atoms with Crippen molar-refractivity contribution in [2.24, 2.45) is 0 Å². The number of aromatic nitrogens is 2. The van der Waals surface area contributed by atoms with Crippen LogP contribution < -0.4 is 5.73 Å². The van der Waals surface area contributed by atoms with Gasteiger partial charge in [0.15, 0.2) is 0 Å². The molecule has 2 N–H and O–H groups in total. The molecule has 0 aliphatic carbocycles. The average Bonchev–Trinajstić information content (AvgIpc) is 2.49. The first-order valence-corrected chi connectivity index (χ1v) is 8.07. The highest BCUT2D eigenvalue weighted by atomic mass is 32.2. The molecule has 0 atom stereocenters. The van der Waals surface area contributed by atoms with Crippen LogP contribution in [-0.4, -0.2) is 35.8 Å². The molecule has 2 aromatic rings. The van der Waals surface area contributed by atoms with E-state index < -0.39 is 10.0 Å². The van der Waals surface area contributed by atoms with Gasteiger partial charge in [0.25, 0.3) is 0 Å². The van der Waals surface area contributed by atoms with Crippen molar-refractivity contribution in [3.05, 3.63) is 48.5 Å². The Morgan fingerprint density at radius 3 is 2.52 bits per heavy atom. The van der Waals surface area contributed by atoms with Crippen LogP contribution in [0.15, 0.2) is 47.9 Å². The van der Waals surface area contributed by atoms with Crippen molar-refractivity contribution in [2.45, 2.75) is 18.2 Å². The van der Waals surface area contributed by atoms with Gasteiger partial charge in [0.2, 0.25) is 10.0 Å². The van der Waals surface area contributed by atoms with E-state index in [9.17, 15) is 8.42 Å². The average molecular weight is 306 g/mol. The van der Waals surface area contributed by atoms with Gasteiger partial charge in [0.1, 0.15) is 4.90 Å². The van der Waals surface area contributed by atoms with Crippen molar-refractivity contribution in [2.75, 3.05) is 18.8 Å². The Bertz CT molecular complexity index is 689. The Morgan fingerprint density at radius 2 is 1.90 bits per heavy atom. The first-order chi connectivity index (χ1) is 10.0. The predicted molar refractivity (Wildman–Crippen MR) is 81.0 cm³/mol. The van der Waals surface area contributed by atoms with Crippen molar-refractivity contribution < 1.29 is 8.42 Å². The lowest BCUT2D eigenvalue weighted by atomic mass is 10.2. The van der Waals surface area contributed by atoms with E-state index in [0.717, 1.165) is 5.56 Å². The second-order valence-electron chi connectivity index (χ2n) is 4.56. The number of likely N-dealkylation sites (N-methyl/N-ethyl adjacent to an activating group) is 1. The Kier molecular flexibility index (Phi) is 4.87. The largest absolute Gasteiger partial charge is 0.397 e. The standard InChI is InChI=1S/C14H18N4O2S/c1-2-18(8-5-12-3-6-16-7-4-12)21(19,20)14-9-13(15)10-17-11-14/h3-4,6-7,9-11H,2,5,8,15H2,1H3. The molecule has 6 nitrogen and oxygen atoms in total. The molecule has 0 aromatic carbocycles. The number of anilines is 1. The SMILES string of the molecule is CCN(CCc1ccncc1)S(=O)(=O)c1cncc(N)c1. The van der Waals surface area contributed by atoms with E-state index in [2.05, 4.69) is 9.97 Å². The fourth-order valence-corrected chi connectivity index (χ4v) is 3.43. The van der Waals surface area contributed by atoms with Gasteiger partial charge in [-0.3, -0.25) is 9.97 Å². The minimum atomic E-state index is -3.57. The molecule has 0 amide bonds. The molecule has 112 valence electrons. The lowest BCUT2D eigenvalue weighted by Gasteiger charge is -2.20. The van der Waals surface area contributed by atoms with E-state index in [-0.39, 0.29) is 4.90 Å². The lowest BCUT2D eigenvalue weighted by Crippen LogP contribution is -2.33. The highest BCUT2D eigenvalue weighted by Crippen LogP contribution is 2.17. The molecule has 2 aromatic heterocycles. The summed E-state index contributed by atoms with van der Waals surface area (Å²) in [6.45, 7) is 2.60. The fraction of sp³-hybridized carbons (Fsp3) is 0.286. The van der Waals surface area contributed by atoms with Gasteiger partial charge in [0, 0.05) is 37.9 Å². The van der Waals surface area contributed by atoms with E-state index in [1.54, 1.807) is 12.4 Å². The van der Waals surface area contributed by atoms with E-state index >= 15 is 0 Å². The molecule has 7 heteroatoms. The molecule has 0 unspecified atom stereocenters. The molecule has 0 spiro atoms. The number of nitrogens with two attached hydrogens (primary N) is 1. The third kappa shape index (κ3) is 3.77. The second kappa shape index (κ2) is 6.64. The van der Waals surface area contributed by atoms with Gasteiger partial charge in [-0.05, 0) is 30.2 Å². The third-order valence-electron chi connectivity index (χ3n) is 3.12. The van der Waals surface area contributed by atoms with Crippen molar-refractivity contribution in [3.63, 3.8) is 0 Å². The zero-order chi connectivity index (χ0) is 15.3. The van der Waals surface area contributed by atoms with Crippen LogP contribution in [0.5, 0.6) is 0 Å². The molecule has 0 fully saturated rings. The van der Waals surface area contributed by atoms with Crippen LogP contribution in [0.4, 0.5) is 5.69 Å². The van der Waals surface area contributed by atoms with Crippen LogP contribution in [0.2, 0.25) is 0 Å². The van der Waals surface area contributed by atoms with Crippen molar-refractivity contribution in [1.29, 1.82) is 0 Å². The highest BCUT2D eigenvalue weighted by molar-refractivity contribution is 7.89. The summed E-state index contributed by atoms with van der Waals surface area (Å²) in [5.41, 5.74) is 6.99. The number of rotatable bonds is 6. The quantitative estimate of drug-likeness (QED) is 0.869. The maximum atomic E-state index is 12.6. The third-order valence-corrected chi connectivity index (χ3v) is 5.06. The molecule has 0 aliphatic rings. The zero-order valence-corrected chi connectivity index (χ0v) is 12.6. The minimum Gasteiger partial charge on any atom is -0.397 e. The molecule has 2 heterocycles. The Balaban J connectivity index is 2.16. The molecule has 2 rings (SSSR count). The van der Waals surface area contributed by atoms with Crippen LogP contribution >= 0.6 is 0 Å². The fourth-order valence-electron chi connectivity index (χ4n) is 1.98. The van der Waals surface area contributed by atoms with Gasteiger partial charge in [0.05, 0.1) is 5.69 Å². The first-order valence-electron chi connectivity index (χ1n) is 6.63. The summed E-state index contributed by atoms with van der Waals surface area (Å²) >= 11 is 0. The monoisotopic (exact) mass is 306 g/mol. The normalized spacial score (nSPS) is 11.7. The summed E-state index contributed by atoms with van der Waals surface area (Å²) in [6.07, 6.45) is 6.77. The van der Waals surface area contributed by atoms with Gasteiger partial charge >= 0.3 is 0 Å². The molecule has 0 saturated carbocycles. The van der Waals surface area contributed by atoms with E-state index in [0.29, 0.717) is 25.2 Å². The Morgan fingerprint density at radius 1 is 1.19 bits per heavy atom. The smallest absolute Gasteiger partial charge is 0.244 e. The molecule has 0 saturated heterocycles. The molecular formula is C14H18N4O2S. The van der Waals surface area contributed by atoms with Gasteiger partial charge in [-0.15, -0.1) is 0 Å². The summed E-state index contributed by atoms with van der Waals surface area (Å²) in [5, 5.41) is 0. The maximum Gasteiger partial charge on any atom is 0.244 e. The summed E-state index contributed by atoms with van der Waals surface area (Å²) < 4.78 is 26.5. The number of hydrogen-bond donors (Lipinski definition) is 1. The second-order valence-corrected chi connectivity index (χ2v) is 6.49. The van der Waals surface area contributed by atoms with Crippen LogP contribution in [-0.2, 0) is 16.4 Å². The maximum absolute atomic E-state index is 12.6. The molecule has 0 radical (unpaired) electrons. The summed E-state index contributed by atoms with van der Waals surface area (Å²) in [6, 6.07) is 5.18. The molecular weight excluding hydrogens is 288 g/mol. The molecule has 0 bridgehead atoms. The number of nitrogen functional groups attached to an aromatic ring is 1. The van der Waals surface area contributed by atoms with Gasteiger partial charge in [-0.1, -0.05) is 6.92 Å². The van der Waals surface area contributed by atoms with E-state index in [4.69, 9.17) is 5.73 Å². The summed E-state index contributed by atoms with van der Waals surface area (Å²) in [5.74, 6) is 0. The van der Waals surface area contributed by atoms with E-state index in [1.165, 1.54) is 22.8 Å². The predicted octanol–water partition coefficient (Wildman–Crippen LogP) is 1.31. The van der Waals surface area contributed by atoms with Crippen LogP contribution in [0.3, 0.4) is 0 Å². The van der Waals surface area contributed by atoms with Crippen LogP contribution in [0.25, 0.3) is 0 Å². The lowest BCUT2D eigenvalue weighted by molar-refractivity contribution is 0.431.